The van der Waals surface area contributed by atoms with Gasteiger partial charge in [-0.3, -0.25) is 9.97 Å². The quantitative estimate of drug-likeness (QED) is 0.718. The SMILES string of the molecule is Nc1cncc(Nc2cccc3ncccc23)c1. The molecule has 0 amide bonds. The van der Waals surface area contributed by atoms with Crippen molar-refractivity contribution < 1.29 is 0 Å². The van der Waals surface area contributed by atoms with Crippen molar-refractivity contribution in [1.82, 2.24) is 9.97 Å². The van der Waals surface area contributed by atoms with Crippen LogP contribution in [-0.2, 0) is 0 Å². The summed E-state index contributed by atoms with van der Waals surface area (Å²) in [7, 11) is 0. The Morgan fingerprint density at radius 1 is 1.06 bits per heavy atom. The summed E-state index contributed by atoms with van der Waals surface area (Å²) in [5, 5.41) is 4.38. The Morgan fingerprint density at radius 3 is 2.89 bits per heavy atom. The van der Waals surface area contributed by atoms with Gasteiger partial charge in [0.1, 0.15) is 0 Å². The number of benzene rings is 1. The number of anilines is 3. The van der Waals surface area contributed by atoms with Crippen LogP contribution in [0.5, 0.6) is 0 Å². The van der Waals surface area contributed by atoms with Gasteiger partial charge in [0.2, 0.25) is 0 Å². The number of hydrogen-bond donors (Lipinski definition) is 2. The number of nitrogen functional groups attached to an aromatic ring is 1. The Bertz CT molecular complexity index is 689. The van der Waals surface area contributed by atoms with Gasteiger partial charge in [-0.05, 0) is 30.3 Å². The molecule has 1 aromatic carbocycles. The molecule has 3 rings (SSSR count). The second-order valence-electron chi connectivity index (χ2n) is 4.01. The highest BCUT2D eigenvalue weighted by Crippen LogP contribution is 2.25. The van der Waals surface area contributed by atoms with Gasteiger partial charge in [-0.25, -0.2) is 0 Å². The number of fused-ring (bicyclic) bond motifs is 1. The molecule has 4 nitrogen and oxygen atoms in total. The molecule has 3 N–H and O–H groups in total. The minimum Gasteiger partial charge on any atom is -0.397 e. The highest BCUT2D eigenvalue weighted by molar-refractivity contribution is 5.92. The molecule has 2 heterocycles. The number of hydrogen-bond acceptors (Lipinski definition) is 4. The zero-order chi connectivity index (χ0) is 12.4. The molecule has 2 aromatic heterocycles. The Kier molecular flexibility index (Phi) is 2.53. The van der Waals surface area contributed by atoms with Crippen molar-refractivity contribution in [3.05, 3.63) is 55.0 Å². The monoisotopic (exact) mass is 236 g/mol. The molecule has 0 aliphatic rings. The molecular weight excluding hydrogens is 224 g/mol. The number of nitrogens with one attached hydrogen (secondary N) is 1. The molecule has 0 aliphatic heterocycles. The van der Waals surface area contributed by atoms with E-state index in [1.165, 1.54) is 0 Å². The fourth-order valence-corrected chi connectivity index (χ4v) is 1.89. The van der Waals surface area contributed by atoms with Crippen molar-refractivity contribution in [2.45, 2.75) is 0 Å². The highest BCUT2D eigenvalue weighted by Gasteiger charge is 2.01. The summed E-state index contributed by atoms with van der Waals surface area (Å²) in [6.45, 7) is 0. The summed E-state index contributed by atoms with van der Waals surface area (Å²) in [6.07, 6.45) is 5.15. The summed E-state index contributed by atoms with van der Waals surface area (Å²) in [6, 6.07) is 11.8. The molecule has 18 heavy (non-hydrogen) atoms. The van der Waals surface area contributed by atoms with Crippen molar-refractivity contribution in [2.75, 3.05) is 11.1 Å². The normalized spacial score (nSPS) is 10.4. The number of nitrogens with two attached hydrogens (primary N) is 1. The van der Waals surface area contributed by atoms with Crippen LogP contribution in [0.25, 0.3) is 10.9 Å². The van der Waals surface area contributed by atoms with Crippen LogP contribution < -0.4 is 11.1 Å². The Balaban J connectivity index is 2.05. The van der Waals surface area contributed by atoms with Gasteiger partial charge in [0, 0.05) is 23.5 Å². The fourth-order valence-electron chi connectivity index (χ4n) is 1.89. The maximum atomic E-state index is 5.71. The second kappa shape index (κ2) is 4.33. The van der Waals surface area contributed by atoms with Crippen LogP contribution in [0.4, 0.5) is 17.1 Å². The molecule has 0 saturated heterocycles. The van der Waals surface area contributed by atoms with Gasteiger partial charge < -0.3 is 11.1 Å². The molecule has 0 unspecified atom stereocenters. The predicted molar refractivity (Wildman–Crippen MR) is 73.7 cm³/mol. The maximum absolute atomic E-state index is 5.71. The fraction of sp³-hybridized carbons (Fsp3) is 0. The van der Waals surface area contributed by atoms with Crippen molar-refractivity contribution in [2.24, 2.45) is 0 Å². The molecule has 0 radical (unpaired) electrons. The van der Waals surface area contributed by atoms with Gasteiger partial charge in [0.05, 0.1) is 23.1 Å². The smallest absolute Gasteiger partial charge is 0.0722 e. The third-order valence-corrected chi connectivity index (χ3v) is 2.68. The number of pyridine rings is 2. The van der Waals surface area contributed by atoms with Gasteiger partial charge >= 0.3 is 0 Å². The third kappa shape index (κ3) is 1.96. The Hall–Kier alpha value is -2.62. The van der Waals surface area contributed by atoms with E-state index < -0.39 is 0 Å². The lowest BCUT2D eigenvalue weighted by Gasteiger charge is -2.09. The average molecular weight is 236 g/mol. The number of rotatable bonds is 2. The summed E-state index contributed by atoms with van der Waals surface area (Å²) in [5.41, 5.74) is 9.17. The molecule has 0 aliphatic carbocycles. The minimum absolute atomic E-state index is 0.637. The van der Waals surface area contributed by atoms with Crippen LogP contribution in [0.15, 0.2) is 55.0 Å². The maximum Gasteiger partial charge on any atom is 0.0722 e. The van der Waals surface area contributed by atoms with Crippen molar-refractivity contribution >= 4 is 28.0 Å². The van der Waals surface area contributed by atoms with E-state index in [9.17, 15) is 0 Å². The molecule has 3 aromatic rings. The molecule has 4 heteroatoms. The first-order chi connectivity index (χ1) is 8.83. The predicted octanol–water partition coefficient (Wildman–Crippen LogP) is 2.96. The van der Waals surface area contributed by atoms with Gasteiger partial charge in [-0.2, -0.15) is 0 Å². The van der Waals surface area contributed by atoms with Crippen LogP contribution >= 0.6 is 0 Å². The van der Waals surface area contributed by atoms with Crippen LogP contribution in [0, 0.1) is 0 Å². The molecule has 88 valence electrons. The topological polar surface area (TPSA) is 63.8 Å². The number of nitrogens with zero attached hydrogens (tertiary/aromatic N) is 2. The van der Waals surface area contributed by atoms with Crippen LogP contribution in [0.1, 0.15) is 0 Å². The standard InChI is InChI=1S/C14H12N4/c15-10-7-11(9-16-8-10)18-14-5-1-4-13-12(14)3-2-6-17-13/h1-9,18H,15H2. The molecule has 0 saturated carbocycles. The molecule has 0 bridgehead atoms. The Morgan fingerprint density at radius 2 is 2.00 bits per heavy atom. The first-order valence-electron chi connectivity index (χ1n) is 5.64. The van der Waals surface area contributed by atoms with Crippen molar-refractivity contribution in [3.8, 4) is 0 Å². The van der Waals surface area contributed by atoms with E-state index in [0.29, 0.717) is 5.69 Å². The van der Waals surface area contributed by atoms with E-state index in [1.54, 1.807) is 18.6 Å². The van der Waals surface area contributed by atoms with Gasteiger partial charge in [0.25, 0.3) is 0 Å². The van der Waals surface area contributed by atoms with Crippen LogP contribution in [0.2, 0.25) is 0 Å². The summed E-state index contributed by atoms with van der Waals surface area (Å²) < 4.78 is 0. The van der Waals surface area contributed by atoms with E-state index in [0.717, 1.165) is 22.3 Å². The lowest BCUT2D eigenvalue weighted by Crippen LogP contribution is -1.94. The number of aromatic nitrogens is 2. The first-order valence-corrected chi connectivity index (χ1v) is 5.64. The van der Waals surface area contributed by atoms with E-state index in [2.05, 4.69) is 15.3 Å². The minimum atomic E-state index is 0.637. The van der Waals surface area contributed by atoms with E-state index in [-0.39, 0.29) is 0 Å². The average Bonchev–Trinajstić information content (AvgIpc) is 2.39. The largest absolute Gasteiger partial charge is 0.397 e. The summed E-state index contributed by atoms with van der Waals surface area (Å²) in [4.78, 5) is 8.38. The molecular formula is C14H12N4. The van der Waals surface area contributed by atoms with Crippen molar-refractivity contribution in [3.63, 3.8) is 0 Å². The Labute approximate surface area is 104 Å². The van der Waals surface area contributed by atoms with Crippen molar-refractivity contribution in [1.29, 1.82) is 0 Å². The van der Waals surface area contributed by atoms with Crippen LogP contribution in [0.3, 0.4) is 0 Å². The van der Waals surface area contributed by atoms with E-state index in [4.69, 9.17) is 5.73 Å². The summed E-state index contributed by atoms with van der Waals surface area (Å²) >= 11 is 0. The molecule has 0 atom stereocenters. The highest BCUT2D eigenvalue weighted by atomic mass is 14.9. The lowest BCUT2D eigenvalue weighted by atomic mass is 10.2. The van der Waals surface area contributed by atoms with E-state index in [1.807, 2.05) is 36.4 Å². The zero-order valence-corrected chi connectivity index (χ0v) is 9.67. The summed E-state index contributed by atoms with van der Waals surface area (Å²) in [5.74, 6) is 0. The van der Waals surface area contributed by atoms with Gasteiger partial charge in [0.15, 0.2) is 0 Å². The lowest BCUT2D eigenvalue weighted by molar-refractivity contribution is 1.32. The second-order valence-corrected chi connectivity index (χ2v) is 4.01. The molecule has 0 fully saturated rings. The van der Waals surface area contributed by atoms with Gasteiger partial charge in [-0.1, -0.05) is 6.07 Å². The molecule has 0 spiro atoms. The van der Waals surface area contributed by atoms with E-state index >= 15 is 0 Å². The van der Waals surface area contributed by atoms with Gasteiger partial charge in [-0.15, -0.1) is 0 Å². The third-order valence-electron chi connectivity index (χ3n) is 2.68. The van der Waals surface area contributed by atoms with Crippen LogP contribution in [-0.4, -0.2) is 9.97 Å². The zero-order valence-electron chi connectivity index (χ0n) is 9.67. The first kappa shape index (κ1) is 10.5.